The van der Waals surface area contributed by atoms with Crippen molar-refractivity contribution in [3.8, 4) is 5.75 Å². The van der Waals surface area contributed by atoms with Crippen LogP contribution in [0, 0.1) is 0 Å². The highest BCUT2D eigenvalue weighted by Crippen LogP contribution is 2.32. The fraction of sp³-hybridized carbons (Fsp3) is 0.438. The van der Waals surface area contributed by atoms with Crippen molar-refractivity contribution >= 4 is 23.6 Å². The first kappa shape index (κ1) is 17.6. The SMILES string of the molecule is CCCNC(=O)[C@H]1CN(CC(=O)NC(=O)OC)c2ccccc2O1. The summed E-state index contributed by atoms with van der Waals surface area (Å²) in [5.74, 6) is -0.234. The molecule has 2 N–H and O–H groups in total. The lowest BCUT2D eigenvalue weighted by Gasteiger charge is -2.35. The summed E-state index contributed by atoms with van der Waals surface area (Å²) in [5.41, 5.74) is 0.692. The first-order valence-electron chi connectivity index (χ1n) is 7.71. The minimum Gasteiger partial charge on any atom is -0.477 e. The largest absolute Gasteiger partial charge is 0.477 e. The van der Waals surface area contributed by atoms with Crippen molar-refractivity contribution in [2.45, 2.75) is 19.4 Å². The van der Waals surface area contributed by atoms with Crippen LogP contribution >= 0.6 is 0 Å². The Hall–Kier alpha value is -2.77. The van der Waals surface area contributed by atoms with E-state index in [-0.39, 0.29) is 19.0 Å². The molecule has 0 radical (unpaired) electrons. The summed E-state index contributed by atoms with van der Waals surface area (Å²) in [5, 5.41) is 4.89. The summed E-state index contributed by atoms with van der Waals surface area (Å²) in [6.45, 7) is 2.64. The number of rotatable bonds is 5. The van der Waals surface area contributed by atoms with E-state index in [1.807, 2.05) is 13.0 Å². The number of fused-ring (bicyclic) bond motifs is 1. The molecule has 0 fully saturated rings. The van der Waals surface area contributed by atoms with Crippen molar-refractivity contribution in [2.24, 2.45) is 0 Å². The van der Waals surface area contributed by atoms with E-state index in [0.717, 1.165) is 6.42 Å². The molecule has 8 nitrogen and oxygen atoms in total. The number of carbonyl (C=O) groups excluding carboxylic acids is 3. The molecule has 0 aliphatic carbocycles. The van der Waals surface area contributed by atoms with Gasteiger partial charge in [0, 0.05) is 6.54 Å². The Bertz CT molecular complexity index is 619. The molecule has 1 aliphatic rings. The molecule has 0 aromatic heterocycles. The molecule has 0 bridgehead atoms. The van der Waals surface area contributed by atoms with E-state index in [9.17, 15) is 14.4 Å². The van der Waals surface area contributed by atoms with Crippen LogP contribution < -0.4 is 20.3 Å². The number of anilines is 1. The second kappa shape index (κ2) is 8.19. The number of carbonyl (C=O) groups is 3. The lowest BCUT2D eigenvalue weighted by molar-refractivity contribution is -0.128. The maximum absolute atomic E-state index is 12.2. The summed E-state index contributed by atoms with van der Waals surface area (Å²) < 4.78 is 10.1. The van der Waals surface area contributed by atoms with Gasteiger partial charge in [-0.2, -0.15) is 0 Å². The minimum absolute atomic E-state index is 0.0902. The van der Waals surface area contributed by atoms with Crippen LogP contribution in [-0.4, -0.2) is 50.8 Å². The molecule has 3 amide bonds. The van der Waals surface area contributed by atoms with Crippen LogP contribution in [0.2, 0.25) is 0 Å². The molecule has 1 aromatic carbocycles. The highest BCUT2D eigenvalue weighted by atomic mass is 16.5. The summed E-state index contributed by atoms with van der Waals surface area (Å²) in [6.07, 6.45) is -0.725. The zero-order valence-corrected chi connectivity index (χ0v) is 13.7. The number of methoxy groups -OCH3 is 1. The zero-order chi connectivity index (χ0) is 17.5. The van der Waals surface area contributed by atoms with Crippen molar-refractivity contribution in [2.75, 3.05) is 31.6 Å². The van der Waals surface area contributed by atoms with Crippen molar-refractivity contribution in [3.05, 3.63) is 24.3 Å². The zero-order valence-electron chi connectivity index (χ0n) is 13.7. The molecule has 0 saturated heterocycles. The predicted octanol–water partition coefficient (Wildman–Crippen LogP) is 0.663. The highest BCUT2D eigenvalue weighted by molar-refractivity contribution is 5.94. The fourth-order valence-corrected chi connectivity index (χ4v) is 2.33. The number of ether oxygens (including phenoxy) is 2. The van der Waals surface area contributed by atoms with Crippen LogP contribution in [0.15, 0.2) is 24.3 Å². The number of alkyl carbamates (subject to hydrolysis) is 1. The Morgan fingerprint density at radius 3 is 2.79 bits per heavy atom. The van der Waals surface area contributed by atoms with Gasteiger partial charge in [-0.15, -0.1) is 0 Å². The molecule has 1 atom stereocenters. The van der Waals surface area contributed by atoms with Gasteiger partial charge in [0.15, 0.2) is 6.10 Å². The van der Waals surface area contributed by atoms with Crippen LogP contribution in [0.1, 0.15) is 13.3 Å². The van der Waals surface area contributed by atoms with E-state index in [1.165, 1.54) is 7.11 Å². The topological polar surface area (TPSA) is 97.0 Å². The molecule has 0 saturated carbocycles. The average Bonchev–Trinajstić information content (AvgIpc) is 2.59. The normalized spacial score (nSPS) is 15.8. The second-order valence-corrected chi connectivity index (χ2v) is 5.29. The van der Waals surface area contributed by atoms with Crippen molar-refractivity contribution < 1.29 is 23.9 Å². The number of nitrogens with zero attached hydrogens (tertiary/aromatic N) is 1. The number of imide groups is 1. The lowest BCUT2D eigenvalue weighted by Crippen LogP contribution is -2.51. The van der Waals surface area contributed by atoms with E-state index >= 15 is 0 Å². The Balaban J connectivity index is 2.12. The molecule has 0 spiro atoms. The van der Waals surface area contributed by atoms with Gasteiger partial charge in [-0.25, -0.2) is 4.79 Å². The molecule has 130 valence electrons. The van der Waals surface area contributed by atoms with Crippen molar-refractivity contribution in [1.29, 1.82) is 0 Å². The Morgan fingerprint density at radius 2 is 2.08 bits per heavy atom. The lowest BCUT2D eigenvalue weighted by atomic mass is 10.1. The molecular weight excluding hydrogens is 314 g/mol. The van der Waals surface area contributed by atoms with Gasteiger partial charge in [-0.05, 0) is 18.6 Å². The van der Waals surface area contributed by atoms with Crippen LogP contribution in [0.5, 0.6) is 5.75 Å². The van der Waals surface area contributed by atoms with Crippen LogP contribution in [0.25, 0.3) is 0 Å². The number of nitrogens with one attached hydrogen (secondary N) is 2. The molecule has 1 aromatic rings. The molecule has 2 rings (SSSR count). The van der Waals surface area contributed by atoms with Gasteiger partial charge in [0.1, 0.15) is 5.75 Å². The summed E-state index contributed by atoms with van der Waals surface area (Å²) in [4.78, 5) is 37.0. The second-order valence-electron chi connectivity index (χ2n) is 5.29. The Kier molecular flexibility index (Phi) is 6.00. The van der Waals surface area contributed by atoms with E-state index in [2.05, 4.69) is 15.4 Å². The van der Waals surface area contributed by atoms with Gasteiger partial charge in [0.25, 0.3) is 5.91 Å². The van der Waals surface area contributed by atoms with Gasteiger partial charge in [0.2, 0.25) is 5.91 Å². The standard InChI is InChI=1S/C16H21N3O5/c1-3-8-17-15(21)13-9-19(10-14(20)18-16(22)23-2)11-6-4-5-7-12(11)24-13/h4-7,13H,3,8-10H2,1-2H3,(H,17,21)(H,18,20,22)/t13-/m1/s1. The van der Waals surface area contributed by atoms with Crippen LogP contribution in [0.3, 0.4) is 0 Å². The fourth-order valence-electron chi connectivity index (χ4n) is 2.33. The molecular formula is C16H21N3O5. The third-order valence-electron chi connectivity index (χ3n) is 3.46. The Morgan fingerprint density at radius 1 is 1.33 bits per heavy atom. The van der Waals surface area contributed by atoms with Gasteiger partial charge in [-0.1, -0.05) is 19.1 Å². The van der Waals surface area contributed by atoms with Crippen molar-refractivity contribution in [1.82, 2.24) is 10.6 Å². The number of para-hydroxylation sites is 2. The van der Waals surface area contributed by atoms with Crippen LogP contribution in [-0.2, 0) is 14.3 Å². The third-order valence-corrected chi connectivity index (χ3v) is 3.46. The van der Waals surface area contributed by atoms with Gasteiger partial charge in [-0.3, -0.25) is 14.9 Å². The van der Waals surface area contributed by atoms with E-state index < -0.39 is 18.1 Å². The van der Waals surface area contributed by atoms with E-state index in [4.69, 9.17) is 4.74 Å². The number of benzene rings is 1. The molecule has 0 unspecified atom stereocenters. The maximum Gasteiger partial charge on any atom is 0.413 e. The van der Waals surface area contributed by atoms with Crippen molar-refractivity contribution in [3.63, 3.8) is 0 Å². The summed E-state index contributed by atoms with van der Waals surface area (Å²) in [6, 6.07) is 7.13. The maximum atomic E-state index is 12.2. The first-order chi connectivity index (χ1) is 11.5. The van der Waals surface area contributed by atoms with Crippen LogP contribution in [0.4, 0.5) is 10.5 Å². The first-order valence-corrected chi connectivity index (χ1v) is 7.71. The quantitative estimate of drug-likeness (QED) is 0.821. The number of hydrogen-bond acceptors (Lipinski definition) is 6. The molecule has 1 heterocycles. The molecule has 1 aliphatic heterocycles. The summed E-state index contributed by atoms with van der Waals surface area (Å²) in [7, 11) is 1.18. The van der Waals surface area contributed by atoms with Gasteiger partial charge < -0.3 is 19.7 Å². The smallest absolute Gasteiger partial charge is 0.413 e. The number of hydrogen-bond donors (Lipinski definition) is 2. The van der Waals surface area contributed by atoms with E-state index in [0.29, 0.717) is 18.0 Å². The molecule has 8 heteroatoms. The van der Waals surface area contributed by atoms with E-state index in [1.54, 1.807) is 23.1 Å². The van der Waals surface area contributed by atoms with Gasteiger partial charge >= 0.3 is 6.09 Å². The van der Waals surface area contributed by atoms with Gasteiger partial charge in [0.05, 0.1) is 25.9 Å². The average molecular weight is 335 g/mol. The monoisotopic (exact) mass is 335 g/mol. The highest BCUT2D eigenvalue weighted by Gasteiger charge is 2.31. The molecule has 24 heavy (non-hydrogen) atoms. The number of amides is 3. The Labute approximate surface area is 140 Å². The third kappa shape index (κ3) is 4.37. The summed E-state index contributed by atoms with van der Waals surface area (Å²) >= 11 is 0. The predicted molar refractivity (Wildman–Crippen MR) is 86.9 cm³/mol. The minimum atomic E-state index is -0.821.